The molecule has 12 heteroatoms. The summed E-state index contributed by atoms with van der Waals surface area (Å²) in [6.07, 6.45) is -5.20. The van der Waals surface area contributed by atoms with Gasteiger partial charge < -0.3 is 20.7 Å². The van der Waals surface area contributed by atoms with Crippen LogP contribution in [0.5, 0.6) is 0 Å². The monoisotopic (exact) mass is 398 g/mol. The highest BCUT2D eigenvalue weighted by molar-refractivity contribution is 5.89. The lowest BCUT2D eigenvalue weighted by Crippen LogP contribution is -2.37. The van der Waals surface area contributed by atoms with Crippen LogP contribution in [-0.2, 0) is 16.5 Å². The Bertz CT molecular complexity index is 900. The molecule has 1 saturated heterocycles. The van der Waals surface area contributed by atoms with Gasteiger partial charge in [0.25, 0.3) is 5.82 Å². The third-order valence-corrected chi connectivity index (χ3v) is 4.14. The molecule has 9 nitrogen and oxygen atoms in total. The number of amides is 3. The first-order valence-corrected chi connectivity index (χ1v) is 8.19. The number of hydrogen-bond donors (Lipinski definition) is 4. The number of nitrogens with zero attached hydrogens (tertiary/aromatic N) is 2. The number of alkyl carbamates (subject to hydrolysis) is 1. The largest absolute Gasteiger partial charge is 0.453 e. The van der Waals surface area contributed by atoms with Gasteiger partial charge in [-0.1, -0.05) is 12.1 Å². The van der Waals surface area contributed by atoms with Gasteiger partial charge >= 0.3 is 18.3 Å². The van der Waals surface area contributed by atoms with Crippen LogP contribution in [0.4, 0.5) is 28.4 Å². The summed E-state index contributed by atoms with van der Waals surface area (Å²) in [6, 6.07) is 5.27. The van der Waals surface area contributed by atoms with Gasteiger partial charge in [0.1, 0.15) is 12.4 Å². The lowest BCUT2D eigenvalue weighted by Gasteiger charge is -2.22. The van der Waals surface area contributed by atoms with E-state index in [9.17, 15) is 22.8 Å². The second-order valence-electron chi connectivity index (χ2n) is 6.48. The molecular weight excluding hydrogens is 381 g/mol. The summed E-state index contributed by atoms with van der Waals surface area (Å²) in [5, 5.41) is 13.0. The van der Waals surface area contributed by atoms with E-state index in [4.69, 9.17) is 4.74 Å². The Labute approximate surface area is 157 Å². The molecule has 150 valence electrons. The topological polar surface area (TPSA) is 121 Å². The summed E-state index contributed by atoms with van der Waals surface area (Å²) in [7, 11) is 0. The molecule has 3 rings (SSSR count). The molecule has 28 heavy (non-hydrogen) atoms. The number of rotatable bonds is 4. The van der Waals surface area contributed by atoms with Crippen LogP contribution >= 0.6 is 0 Å². The fourth-order valence-electron chi connectivity index (χ4n) is 2.63. The van der Waals surface area contributed by atoms with Crippen molar-refractivity contribution in [3.05, 3.63) is 41.5 Å². The molecule has 2 heterocycles. The standard InChI is InChI=1S/C16H17F3N6O3/c1-8(11-22-12(25-24-11)16(17,18)19)20-13(26)21-10-5-3-4-9(6-10)15(2)7-28-14(27)23-15/h3-6,8H,7H2,1-2H3,(H,23,27)(H2,20,21,26)(H,22,24,25). The smallest absolute Gasteiger partial charge is 0.447 e. The molecule has 2 unspecified atom stereocenters. The normalized spacial score (nSPS) is 20.2. The lowest BCUT2D eigenvalue weighted by molar-refractivity contribution is -0.144. The zero-order valence-corrected chi connectivity index (χ0v) is 14.8. The maximum Gasteiger partial charge on any atom is 0.453 e. The number of anilines is 1. The van der Waals surface area contributed by atoms with Crippen molar-refractivity contribution in [3.8, 4) is 0 Å². The predicted molar refractivity (Wildman–Crippen MR) is 90.2 cm³/mol. The van der Waals surface area contributed by atoms with Gasteiger partial charge in [0.2, 0.25) is 0 Å². The number of cyclic esters (lactones) is 1. The molecule has 1 aromatic carbocycles. The number of ether oxygens (including phenoxy) is 1. The summed E-state index contributed by atoms with van der Waals surface area (Å²) in [4.78, 5) is 26.8. The Morgan fingerprint density at radius 3 is 2.75 bits per heavy atom. The highest BCUT2D eigenvalue weighted by Gasteiger charge is 2.37. The Hall–Kier alpha value is -3.31. The molecule has 3 amide bonds. The second-order valence-corrected chi connectivity index (χ2v) is 6.48. The number of carbonyl (C=O) groups is 2. The summed E-state index contributed by atoms with van der Waals surface area (Å²) in [6.45, 7) is 3.38. The van der Waals surface area contributed by atoms with Gasteiger partial charge in [0.05, 0.1) is 11.6 Å². The fraction of sp³-hybridized carbons (Fsp3) is 0.375. The number of alkyl halides is 3. The minimum atomic E-state index is -4.67. The molecule has 0 bridgehead atoms. The van der Waals surface area contributed by atoms with Crippen LogP contribution in [-0.4, -0.2) is 33.9 Å². The van der Waals surface area contributed by atoms with Crippen molar-refractivity contribution in [2.45, 2.75) is 31.6 Å². The van der Waals surface area contributed by atoms with Crippen molar-refractivity contribution < 1.29 is 27.5 Å². The van der Waals surface area contributed by atoms with Crippen molar-refractivity contribution in [1.29, 1.82) is 0 Å². The average molecular weight is 398 g/mol. The van der Waals surface area contributed by atoms with E-state index >= 15 is 0 Å². The van der Waals surface area contributed by atoms with E-state index < -0.39 is 35.7 Å². The second kappa shape index (κ2) is 7.02. The minimum absolute atomic E-state index is 0.130. The number of hydrogen-bond acceptors (Lipinski definition) is 5. The fourth-order valence-corrected chi connectivity index (χ4v) is 2.63. The molecule has 1 fully saturated rings. The lowest BCUT2D eigenvalue weighted by atomic mass is 9.93. The molecule has 0 spiro atoms. The number of carbonyl (C=O) groups excluding carboxylic acids is 2. The first-order valence-electron chi connectivity index (χ1n) is 8.19. The highest BCUT2D eigenvalue weighted by Crippen LogP contribution is 2.28. The summed E-state index contributed by atoms with van der Waals surface area (Å²) >= 11 is 0. The van der Waals surface area contributed by atoms with E-state index in [1.807, 2.05) is 0 Å². The van der Waals surface area contributed by atoms with Gasteiger partial charge in [0, 0.05) is 5.69 Å². The quantitative estimate of drug-likeness (QED) is 0.631. The third kappa shape index (κ3) is 4.15. The van der Waals surface area contributed by atoms with E-state index in [1.54, 1.807) is 31.2 Å². The van der Waals surface area contributed by atoms with Gasteiger partial charge in [-0.2, -0.15) is 13.2 Å². The van der Waals surface area contributed by atoms with Gasteiger partial charge in [-0.15, -0.1) is 5.10 Å². The van der Waals surface area contributed by atoms with E-state index in [0.717, 1.165) is 0 Å². The molecule has 1 aliphatic rings. The summed E-state index contributed by atoms with van der Waals surface area (Å²) in [5.74, 6) is -1.44. The summed E-state index contributed by atoms with van der Waals surface area (Å²) < 4.78 is 42.6. The van der Waals surface area contributed by atoms with Crippen molar-refractivity contribution in [2.24, 2.45) is 0 Å². The molecule has 1 aliphatic heterocycles. The molecule has 1 aromatic heterocycles. The van der Waals surface area contributed by atoms with Crippen molar-refractivity contribution in [2.75, 3.05) is 11.9 Å². The van der Waals surface area contributed by atoms with Crippen LogP contribution in [0.25, 0.3) is 0 Å². The molecule has 2 aromatic rings. The van der Waals surface area contributed by atoms with Gasteiger partial charge in [0.15, 0.2) is 0 Å². The van der Waals surface area contributed by atoms with E-state index in [1.165, 1.54) is 6.92 Å². The molecule has 0 aliphatic carbocycles. The highest BCUT2D eigenvalue weighted by atomic mass is 19.4. The van der Waals surface area contributed by atoms with Crippen molar-refractivity contribution in [3.63, 3.8) is 0 Å². The van der Waals surface area contributed by atoms with Crippen LogP contribution in [0, 0.1) is 0 Å². The van der Waals surface area contributed by atoms with E-state index in [-0.39, 0.29) is 12.4 Å². The molecule has 2 atom stereocenters. The first-order chi connectivity index (χ1) is 13.1. The number of H-pyrrole nitrogens is 1. The third-order valence-electron chi connectivity index (χ3n) is 4.14. The predicted octanol–water partition coefficient (Wildman–Crippen LogP) is 2.66. The maximum atomic E-state index is 12.6. The SMILES string of the molecule is CC(NC(=O)Nc1cccc(C2(C)COC(=O)N2)c1)c1nc(C(F)(F)F)n[nH]1. The average Bonchev–Trinajstić information content (AvgIpc) is 3.22. The van der Waals surface area contributed by atoms with E-state index in [0.29, 0.717) is 11.3 Å². The van der Waals surface area contributed by atoms with Crippen LogP contribution in [0.1, 0.15) is 37.1 Å². The zero-order chi connectivity index (χ0) is 20.5. The maximum absolute atomic E-state index is 12.6. The van der Waals surface area contributed by atoms with E-state index in [2.05, 4.69) is 31.1 Å². The van der Waals surface area contributed by atoms with Crippen LogP contribution in [0.2, 0.25) is 0 Å². The van der Waals surface area contributed by atoms with Crippen LogP contribution in [0.15, 0.2) is 24.3 Å². The number of aromatic nitrogens is 3. The van der Waals surface area contributed by atoms with Crippen LogP contribution in [0.3, 0.4) is 0 Å². The molecule has 0 radical (unpaired) electrons. The first kappa shape index (κ1) is 19.5. The van der Waals surface area contributed by atoms with Gasteiger partial charge in [-0.3, -0.25) is 5.10 Å². The van der Waals surface area contributed by atoms with Crippen molar-refractivity contribution in [1.82, 2.24) is 25.8 Å². The Balaban J connectivity index is 1.64. The van der Waals surface area contributed by atoms with Crippen molar-refractivity contribution >= 4 is 17.8 Å². The van der Waals surface area contributed by atoms with Crippen LogP contribution < -0.4 is 16.0 Å². The zero-order valence-electron chi connectivity index (χ0n) is 14.8. The Kier molecular flexibility index (Phi) is 4.87. The number of benzene rings is 1. The molecule has 4 N–H and O–H groups in total. The number of urea groups is 1. The minimum Gasteiger partial charge on any atom is -0.447 e. The van der Waals surface area contributed by atoms with Gasteiger partial charge in [-0.05, 0) is 31.5 Å². The number of halogens is 3. The Morgan fingerprint density at radius 2 is 2.14 bits per heavy atom. The molecule has 0 saturated carbocycles. The number of nitrogens with one attached hydrogen (secondary N) is 4. The number of aromatic amines is 1. The van der Waals surface area contributed by atoms with Gasteiger partial charge in [-0.25, -0.2) is 14.6 Å². The molecular formula is C16H17F3N6O3. The summed E-state index contributed by atoms with van der Waals surface area (Å²) in [5.41, 5.74) is 0.416. The Morgan fingerprint density at radius 1 is 1.39 bits per heavy atom.